The number of hydrogen-bond acceptors (Lipinski definition) is 5. The van der Waals surface area contributed by atoms with Crippen LogP contribution in [0.2, 0.25) is 0 Å². The molecule has 1 aromatic carbocycles. The quantitative estimate of drug-likeness (QED) is 0.858. The van der Waals surface area contributed by atoms with Gasteiger partial charge in [-0.25, -0.2) is 13.8 Å². The lowest BCUT2D eigenvalue weighted by molar-refractivity contribution is 0.0796. The smallest absolute Gasteiger partial charge is 0.258 e. The Morgan fingerprint density at radius 2 is 2.20 bits per heavy atom. The zero-order valence-electron chi connectivity index (χ0n) is 13.8. The van der Waals surface area contributed by atoms with E-state index in [-0.39, 0.29) is 18.6 Å². The van der Waals surface area contributed by atoms with Crippen LogP contribution in [-0.4, -0.2) is 41.3 Å². The molecule has 3 rings (SSSR count). The number of carbonyl (C=O) groups is 1. The number of nitrogens with one attached hydrogen (secondary N) is 2. The monoisotopic (exact) mass is 352 g/mol. The van der Waals surface area contributed by atoms with E-state index in [1.165, 1.54) is 7.11 Å². The van der Waals surface area contributed by atoms with Crippen LogP contribution in [0, 0.1) is 24.5 Å². The number of aryl methyl sites for hydroxylation is 1. The van der Waals surface area contributed by atoms with Crippen molar-refractivity contribution < 1.29 is 23.0 Å². The number of H-pyrrole nitrogens is 1. The van der Waals surface area contributed by atoms with E-state index in [4.69, 9.17) is 9.47 Å². The molecule has 1 fully saturated rings. The van der Waals surface area contributed by atoms with Gasteiger partial charge >= 0.3 is 0 Å². The maximum absolute atomic E-state index is 14.0. The van der Waals surface area contributed by atoms with Crippen LogP contribution in [0.25, 0.3) is 0 Å². The molecule has 2 heterocycles. The topological polar surface area (TPSA) is 89.1 Å². The zero-order chi connectivity index (χ0) is 18.0. The van der Waals surface area contributed by atoms with E-state index < -0.39 is 28.9 Å². The van der Waals surface area contributed by atoms with Crippen molar-refractivity contribution >= 4 is 5.91 Å². The van der Waals surface area contributed by atoms with Crippen molar-refractivity contribution in [2.45, 2.75) is 19.4 Å². The molecule has 0 spiro atoms. The fraction of sp³-hybridized carbons (Fsp3) is 0.438. The Bertz CT molecular complexity index is 781. The molecular formula is C16H18F2N4O3. The van der Waals surface area contributed by atoms with Gasteiger partial charge in [0.1, 0.15) is 23.3 Å². The van der Waals surface area contributed by atoms with Crippen molar-refractivity contribution in [3.63, 3.8) is 0 Å². The van der Waals surface area contributed by atoms with Crippen molar-refractivity contribution in [1.29, 1.82) is 0 Å². The van der Waals surface area contributed by atoms with E-state index in [1.807, 2.05) is 0 Å². The minimum absolute atomic E-state index is 0.0678. The Morgan fingerprint density at radius 1 is 1.44 bits per heavy atom. The van der Waals surface area contributed by atoms with Gasteiger partial charge in [-0.3, -0.25) is 9.89 Å². The number of hydrogen-bond donors (Lipinski definition) is 2. The fourth-order valence-electron chi connectivity index (χ4n) is 2.87. The van der Waals surface area contributed by atoms with Crippen molar-refractivity contribution in [2.75, 3.05) is 20.3 Å². The molecule has 0 radical (unpaired) electrons. The largest absolute Gasteiger partial charge is 0.493 e. The van der Waals surface area contributed by atoms with Crippen LogP contribution in [0.3, 0.4) is 0 Å². The Hall–Kier alpha value is -2.55. The Kier molecular flexibility index (Phi) is 4.93. The van der Waals surface area contributed by atoms with Gasteiger partial charge in [0, 0.05) is 19.1 Å². The van der Waals surface area contributed by atoms with E-state index in [9.17, 15) is 13.6 Å². The highest BCUT2D eigenvalue weighted by Crippen LogP contribution is 2.32. The average Bonchev–Trinajstić information content (AvgIpc) is 3.22. The van der Waals surface area contributed by atoms with Gasteiger partial charge in [-0.15, -0.1) is 0 Å². The number of amides is 1. The summed E-state index contributed by atoms with van der Waals surface area (Å²) in [5.41, 5.74) is -0.452. The predicted molar refractivity (Wildman–Crippen MR) is 83.2 cm³/mol. The summed E-state index contributed by atoms with van der Waals surface area (Å²) in [5.74, 6) is -1.69. The highest BCUT2D eigenvalue weighted by molar-refractivity contribution is 5.97. The first-order valence-electron chi connectivity index (χ1n) is 7.82. The third-order valence-corrected chi connectivity index (χ3v) is 4.10. The van der Waals surface area contributed by atoms with E-state index in [2.05, 4.69) is 20.5 Å². The number of nitrogens with zero attached hydrogens (tertiary/aromatic N) is 2. The summed E-state index contributed by atoms with van der Waals surface area (Å²) in [4.78, 5) is 16.6. The molecule has 7 nitrogen and oxygen atoms in total. The van der Waals surface area contributed by atoms with E-state index in [0.29, 0.717) is 24.7 Å². The number of rotatable bonds is 5. The molecule has 0 aliphatic carbocycles. The maximum atomic E-state index is 14.0. The molecule has 2 atom stereocenters. The number of methoxy groups -OCH3 is 1. The fourth-order valence-corrected chi connectivity index (χ4v) is 2.87. The second kappa shape index (κ2) is 7.14. The SMILES string of the molecule is COc1c(F)ccc(F)c1C(=O)NC[C@@H]1CCO[C@@H]1c1n[nH]c(C)n1. The summed E-state index contributed by atoms with van der Waals surface area (Å²) >= 11 is 0. The lowest BCUT2D eigenvalue weighted by atomic mass is 10.0. The molecule has 2 aromatic rings. The lowest BCUT2D eigenvalue weighted by Gasteiger charge is -2.17. The average molecular weight is 352 g/mol. The summed E-state index contributed by atoms with van der Waals surface area (Å²) in [6, 6.07) is 1.81. The zero-order valence-corrected chi connectivity index (χ0v) is 13.8. The second-order valence-corrected chi connectivity index (χ2v) is 5.77. The molecule has 25 heavy (non-hydrogen) atoms. The first kappa shape index (κ1) is 17.3. The highest BCUT2D eigenvalue weighted by Gasteiger charge is 2.33. The van der Waals surface area contributed by atoms with E-state index in [0.717, 1.165) is 12.1 Å². The number of aromatic amines is 1. The van der Waals surface area contributed by atoms with Crippen molar-refractivity contribution in [2.24, 2.45) is 5.92 Å². The molecule has 0 unspecified atom stereocenters. The molecular weight excluding hydrogens is 334 g/mol. The molecule has 1 aliphatic rings. The Balaban J connectivity index is 1.71. The van der Waals surface area contributed by atoms with Gasteiger partial charge in [-0.1, -0.05) is 0 Å². The van der Waals surface area contributed by atoms with E-state index in [1.54, 1.807) is 6.92 Å². The van der Waals surface area contributed by atoms with Gasteiger partial charge in [0.25, 0.3) is 5.91 Å². The second-order valence-electron chi connectivity index (χ2n) is 5.77. The molecule has 0 saturated carbocycles. The number of aromatic nitrogens is 3. The van der Waals surface area contributed by atoms with Crippen molar-refractivity contribution in [1.82, 2.24) is 20.5 Å². The minimum Gasteiger partial charge on any atom is -0.493 e. The van der Waals surface area contributed by atoms with Gasteiger partial charge < -0.3 is 14.8 Å². The molecule has 2 N–H and O–H groups in total. The van der Waals surface area contributed by atoms with Crippen LogP contribution in [0.4, 0.5) is 8.78 Å². The van der Waals surface area contributed by atoms with Crippen LogP contribution < -0.4 is 10.1 Å². The molecule has 1 aliphatic heterocycles. The molecule has 1 aromatic heterocycles. The third-order valence-electron chi connectivity index (χ3n) is 4.10. The van der Waals surface area contributed by atoms with Crippen LogP contribution in [0.1, 0.15) is 34.5 Å². The van der Waals surface area contributed by atoms with Crippen LogP contribution in [0.15, 0.2) is 12.1 Å². The summed E-state index contributed by atoms with van der Waals surface area (Å²) in [7, 11) is 1.18. The first-order chi connectivity index (χ1) is 12.0. The van der Waals surface area contributed by atoms with Gasteiger partial charge in [0.2, 0.25) is 0 Å². The molecule has 0 bridgehead atoms. The normalized spacial score (nSPS) is 19.8. The van der Waals surface area contributed by atoms with Crippen LogP contribution >= 0.6 is 0 Å². The molecule has 9 heteroatoms. The number of halogens is 2. The van der Waals surface area contributed by atoms with Gasteiger partial charge in [-0.2, -0.15) is 5.10 Å². The standard InChI is InChI=1S/C16H18F2N4O3/c1-8-20-15(22-21-8)13-9(5-6-25-13)7-19-16(23)12-10(17)3-4-11(18)14(12)24-2/h3-4,9,13H,5-7H2,1-2H3,(H,19,23)(H,20,21,22)/t9-,13-/m0/s1. The van der Waals surface area contributed by atoms with E-state index >= 15 is 0 Å². The van der Waals surface area contributed by atoms with Gasteiger partial charge in [-0.05, 0) is 25.5 Å². The summed E-state index contributed by atoms with van der Waals surface area (Å²) < 4.78 is 38.1. The van der Waals surface area contributed by atoms with Crippen LogP contribution in [-0.2, 0) is 4.74 Å². The summed E-state index contributed by atoms with van der Waals surface area (Å²) in [6.07, 6.45) is 0.339. The minimum atomic E-state index is -0.848. The lowest BCUT2D eigenvalue weighted by Crippen LogP contribution is -2.31. The number of benzene rings is 1. The highest BCUT2D eigenvalue weighted by atomic mass is 19.1. The Labute approximate surface area is 142 Å². The summed E-state index contributed by atoms with van der Waals surface area (Å²) in [6.45, 7) is 2.51. The molecule has 1 saturated heterocycles. The van der Waals surface area contributed by atoms with Gasteiger partial charge in [0.15, 0.2) is 17.4 Å². The van der Waals surface area contributed by atoms with Gasteiger partial charge in [0.05, 0.1) is 7.11 Å². The molecule has 1 amide bonds. The number of carbonyl (C=O) groups excluding carboxylic acids is 1. The summed E-state index contributed by atoms with van der Waals surface area (Å²) in [5, 5.41) is 9.45. The first-order valence-corrected chi connectivity index (χ1v) is 7.82. The maximum Gasteiger partial charge on any atom is 0.258 e. The predicted octanol–water partition coefficient (Wildman–Crippen LogP) is 1.91. The third kappa shape index (κ3) is 3.46. The molecule has 134 valence electrons. The number of ether oxygens (including phenoxy) is 2. The van der Waals surface area contributed by atoms with Crippen molar-refractivity contribution in [3.05, 3.63) is 41.0 Å². The van der Waals surface area contributed by atoms with Crippen molar-refractivity contribution in [3.8, 4) is 5.75 Å². The van der Waals surface area contributed by atoms with Crippen LogP contribution in [0.5, 0.6) is 5.75 Å². The Morgan fingerprint density at radius 3 is 2.88 bits per heavy atom.